The van der Waals surface area contributed by atoms with Crippen molar-refractivity contribution in [2.75, 3.05) is 13.7 Å². The number of hydrogen-bond acceptors (Lipinski definition) is 3. The molecule has 0 radical (unpaired) electrons. The number of benzene rings is 1. The van der Waals surface area contributed by atoms with E-state index in [0.717, 1.165) is 18.6 Å². The highest BCUT2D eigenvalue weighted by molar-refractivity contribution is 5.78. The van der Waals surface area contributed by atoms with Gasteiger partial charge in [-0.3, -0.25) is 4.79 Å². The van der Waals surface area contributed by atoms with Gasteiger partial charge in [0.25, 0.3) is 0 Å². The molecule has 0 aliphatic carbocycles. The monoisotopic (exact) mass is 293 g/mol. The summed E-state index contributed by atoms with van der Waals surface area (Å²) in [7, 11) is 1.70. The fourth-order valence-electron chi connectivity index (χ4n) is 2.45. The van der Waals surface area contributed by atoms with Gasteiger partial charge < -0.3 is 15.2 Å². The molecule has 1 rings (SSSR count). The molecule has 0 amide bonds. The number of carboxylic acid groups (broad SMARTS) is 1. The second kappa shape index (κ2) is 8.67. The Hall–Kier alpha value is -1.55. The minimum Gasteiger partial charge on any atom is -0.494 e. The summed E-state index contributed by atoms with van der Waals surface area (Å²) in [5.74, 6) is 0.0492. The van der Waals surface area contributed by atoms with Gasteiger partial charge in [-0.25, -0.2) is 0 Å². The Morgan fingerprint density at radius 3 is 2.43 bits per heavy atom. The van der Waals surface area contributed by atoms with Gasteiger partial charge >= 0.3 is 5.97 Å². The molecule has 0 spiro atoms. The van der Waals surface area contributed by atoms with Crippen LogP contribution in [0.3, 0.4) is 0 Å². The van der Waals surface area contributed by atoms with Gasteiger partial charge in [-0.2, -0.15) is 0 Å². The summed E-state index contributed by atoms with van der Waals surface area (Å²) in [6, 6.07) is 8.13. The fourth-order valence-corrected chi connectivity index (χ4v) is 2.45. The summed E-state index contributed by atoms with van der Waals surface area (Å²) in [5.41, 5.74) is 0.477. The molecule has 21 heavy (non-hydrogen) atoms. The Morgan fingerprint density at radius 2 is 1.95 bits per heavy atom. The largest absolute Gasteiger partial charge is 0.494 e. The molecule has 0 heterocycles. The number of carbonyl (C=O) groups is 1. The van der Waals surface area contributed by atoms with Crippen LogP contribution in [0, 0.1) is 0 Å². The zero-order valence-electron chi connectivity index (χ0n) is 13.3. The van der Waals surface area contributed by atoms with Crippen molar-refractivity contribution < 1.29 is 14.6 Å². The molecule has 0 bridgehead atoms. The van der Waals surface area contributed by atoms with E-state index in [4.69, 9.17) is 4.74 Å². The molecule has 0 aliphatic heterocycles. The lowest BCUT2D eigenvalue weighted by Gasteiger charge is -2.27. The Balaban J connectivity index is 2.41. The number of rotatable bonds is 10. The first kappa shape index (κ1) is 17.5. The number of aliphatic carboxylic acids is 1. The van der Waals surface area contributed by atoms with Crippen LogP contribution in [0.15, 0.2) is 24.3 Å². The van der Waals surface area contributed by atoms with Crippen molar-refractivity contribution >= 4 is 5.97 Å². The van der Waals surface area contributed by atoms with Crippen molar-refractivity contribution in [2.24, 2.45) is 0 Å². The fraction of sp³-hybridized carbons (Fsp3) is 0.588. The summed E-state index contributed by atoms with van der Waals surface area (Å²) >= 11 is 0. The molecular formula is C17H27NO3. The Labute approximate surface area is 127 Å². The van der Waals surface area contributed by atoms with E-state index in [2.05, 4.69) is 24.4 Å². The molecule has 4 heteroatoms. The maximum Gasteiger partial charge on any atom is 0.323 e. The van der Waals surface area contributed by atoms with Gasteiger partial charge in [0.2, 0.25) is 0 Å². The topological polar surface area (TPSA) is 58.6 Å². The van der Waals surface area contributed by atoms with Gasteiger partial charge in [0, 0.05) is 0 Å². The highest BCUT2D eigenvalue weighted by Crippen LogP contribution is 2.19. The number of ether oxygens (including phenoxy) is 1. The van der Waals surface area contributed by atoms with Crippen LogP contribution >= 0.6 is 0 Å². The first-order valence-electron chi connectivity index (χ1n) is 7.72. The van der Waals surface area contributed by atoms with Crippen LogP contribution in [0.2, 0.25) is 0 Å². The van der Waals surface area contributed by atoms with Crippen LogP contribution in [-0.2, 0) is 11.2 Å². The van der Waals surface area contributed by atoms with Crippen LogP contribution < -0.4 is 10.1 Å². The van der Waals surface area contributed by atoms with Gasteiger partial charge in [-0.1, -0.05) is 32.4 Å². The van der Waals surface area contributed by atoms with Crippen LogP contribution in [0.4, 0.5) is 0 Å². The second-order valence-electron chi connectivity index (χ2n) is 5.34. The van der Waals surface area contributed by atoms with Crippen molar-refractivity contribution in [3.8, 4) is 5.75 Å². The van der Waals surface area contributed by atoms with Gasteiger partial charge in [-0.05, 0) is 50.4 Å². The molecule has 1 aromatic rings. The van der Waals surface area contributed by atoms with Crippen LogP contribution in [0.5, 0.6) is 5.75 Å². The number of nitrogens with one attached hydrogen (secondary N) is 1. The van der Waals surface area contributed by atoms with E-state index in [1.165, 1.54) is 5.56 Å². The number of hydrogen-bond donors (Lipinski definition) is 2. The summed E-state index contributed by atoms with van der Waals surface area (Å²) < 4.78 is 5.68. The third kappa shape index (κ3) is 5.05. The molecule has 4 nitrogen and oxygen atoms in total. The lowest BCUT2D eigenvalue weighted by atomic mass is 9.91. The van der Waals surface area contributed by atoms with E-state index in [-0.39, 0.29) is 0 Å². The Bertz CT molecular complexity index is 424. The lowest BCUT2D eigenvalue weighted by molar-refractivity contribution is -0.145. The van der Waals surface area contributed by atoms with Crippen molar-refractivity contribution in [3.05, 3.63) is 29.8 Å². The average molecular weight is 293 g/mol. The van der Waals surface area contributed by atoms with Gasteiger partial charge in [0.05, 0.1) is 6.61 Å². The quantitative estimate of drug-likeness (QED) is 0.650. The van der Waals surface area contributed by atoms with E-state index in [1.807, 2.05) is 19.1 Å². The highest BCUT2D eigenvalue weighted by atomic mass is 16.5. The first-order valence-corrected chi connectivity index (χ1v) is 7.72. The molecule has 1 aromatic carbocycles. The third-order valence-corrected chi connectivity index (χ3v) is 3.97. The smallest absolute Gasteiger partial charge is 0.323 e. The summed E-state index contributed by atoms with van der Waals surface area (Å²) in [4.78, 5) is 11.3. The highest BCUT2D eigenvalue weighted by Gasteiger charge is 2.34. The average Bonchev–Trinajstić information content (AvgIpc) is 2.49. The van der Waals surface area contributed by atoms with Crippen molar-refractivity contribution in [2.45, 2.75) is 51.5 Å². The normalized spacial score (nSPS) is 13.7. The molecule has 0 saturated carbocycles. The minimum absolute atomic E-state index is 0.532. The van der Waals surface area contributed by atoms with Crippen LogP contribution in [0.1, 0.15) is 45.1 Å². The van der Waals surface area contributed by atoms with E-state index in [9.17, 15) is 9.90 Å². The lowest BCUT2D eigenvalue weighted by Crippen LogP contribution is -2.50. The molecular weight excluding hydrogens is 266 g/mol. The minimum atomic E-state index is -0.839. The molecule has 1 unspecified atom stereocenters. The molecule has 118 valence electrons. The summed E-state index contributed by atoms with van der Waals surface area (Å²) in [6.45, 7) is 4.58. The third-order valence-electron chi connectivity index (χ3n) is 3.97. The number of likely N-dealkylation sites (N-methyl/N-ethyl adjacent to an activating group) is 1. The van der Waals surface area contributed by atoms with Crippen LogP contribution in [-0.4, -0.2) is 30.3 Å². The Morgan fingerprint density at radius 1 is 1.29 bits per heavy atom. The molecule has 2 N–H and O–H groups in total. The molecule has 0 aromatic heterocycles. The number of carboxylic acids is 1. The maximum absolute atomic E-state index is 11.3. The molecule has 0 aliphatic rings. The van der Waals surface area contributed by atoms with E-state index in [1.54, 1.807) is 7.05 Å². The van der Waals surface area contributed by atoms with Crippen molar-refractivity contribution in [1.29, 1.82) is 0 Å². The van der Waals surface area contributed by atoms with Gasteiger partial charge in [0.15, 0.2) is 0 Å². The Kier molecular flexibility index (Phi) is 7.23. The first-order chi connectivity index (χ1) is 10.1. The predicted molar refractivity (Wildman–Crippen MR) is 84.9 cm³/mol. The van der Waals surface area contributed by atoms with Crippen LogP contribution in [0.25, 0.3) is 0 Å². The number of aryl methyl sites for hydroxylation is 1. The van der Waals surface area contributed by atoms with Crippen molar-refractivity contribution in [1.82, 2.24) is 5.32 Å². The summed E-state index contributed by atoms with van der Waals surface area (Å²) in [5, 5.41) is 12.2. The van der Waals surface area contributed by atoms with E-state index < -0.39 is 11.5 Å². The predicted octanol–water partition coefficient (Wildman–Crippen LogP) is 3.25. The second-order valence-corrected chi connectivity index (χ2v) is 5.34. The van der Waals surface area contributed by atoms with E-state index in [0.29, 0.717) is 25.9 Å². The maximum atomic E-state index is 11.3. The zero-order valence-corrected chi connectivity index (χ0v) is 13.3. The SMILES string of the molecule is CCCc1ccc(OCCCC(CC)(NC)C(=O)O)cc1. The van der Waals surface area contributed by atoms with Gasteiger partial charge in [-0.15, -0.1) is 0 Å². The molecule has 1 atom stereocenters. The van der Waals surface area contributed by atoms with Crippen molar-refractivity contribution in [3.63, 3.8) is 0 Å². The summed E-state index contributed by atoms with van der Waals surface area (Å²) in [6.07, 6.45) is 4.05. The van der Waals surface area contributed by atoms with E-state index >= 15 is 0 Å². The zero-order chi connectivity index (χ0) is 15.7. The molecule has 0 saturated heterocycles. The standard InChI is InChI=1S/C17H27NO3/c1-4-7-14-8-10-15(11-9-14)21-13-6-12-17(5-2,18-3)16(19)20/h8-11,18H,4-7,12-13H2,1-3H3,(H,19,20). The molecule has 0 fully saturated rings. The van der Waals surface area contributed by atoms with Gasteiger partial charge in [0.1, 0.15) is 11.3 Å².